The van der Waals surface area contributed by atoms with Crippen molar-refractivity contribution in [2.24, 2.45) is 0 Å². The Labute approximate surface area is 231 Å². The summed E-state index contributed by atoms with van der Waals surface area (Å²) < 4.78 is 53.4. The minimum Gasteiger partial charge on any atom is -0.462 e. The Hall–Kier alpha value is -3.16. The molecule has 0 bridgehead atoms. The molecule has 0 unspecified atom stereocenters. The van der Waals surface area contributed by atoms with Gasteiger partial charge in [0.05, 0.1) is 19.0 Å². The number of carbonyl (C=O) groups excluding carboxylic acids is 1. The number of rotatable bonds is 12. The van der Waals surface area contributed by atoms with Gasteiger partial charge in [0, 0.05) is 6.54 Å². The molecule has 4 rings (SSSR count). The standard InChI is InChI=1S/C25H34FN6O7P/c1-6-27-21-19-22(29-13-28-21)32(14-30-19)24-25(5,26)20(33)18(38-24)12-36-40(35,39-17-10-8-7-9-11-17)31-16(4)23(34)37-15(2)3/h7-11,13-16,18,20,24,33H,6,12H2,1-5H3,(H,31,35)(H,27,28,29)/t16-,18-,20-,24-,25-,40+/m1/s1. The number of imidazole rings is 1. The number of ether oxygens (including phenoxy) is 2. The lowest BCUT2D eigenvalue weighted by Crippen LogP contribution is -2.41. The number of hydrogen-bond acceptors (Lipinski definition) is 11. The van der Waals surface area contributed by atoms with Gasteiger partial charge in [-0.2, -0.15) is 5.09 Å². The van der Waals surface area contributed by atoms with Gasteiger partial charge in [-0.05, 0) is 46.8 Å². The van der Waals surface area contributed by atoms with Gasteiger partial charge in [0.15, 0.2) is 28.9 Å². The summed E-state index contributed by atoms with van der Waals surface area (Å²) in [5.74, 6) is 0.000266. The molecule has 15 heteroatoms. The van der Waals surface area contributed by atoms with Gasteiger partial charge >= 0.3 is 13.7 Å². The molecule has 40 heavy (non-hydrogen) atoms. The second-order valence-corrected chi connectivity index (χ2v) is 11.4. The lowest BCUT2D eigenvalue weighted by Gasteiger charge is -2.25. The number of nitrogens with one attached hydrogen (secondary N) is 2. The van der Waals surface area contributed by atoms with Crippen molar-refractivity contribution in [1.82, 2.24) is 24.6 Å². The molecule has 0 aliphatic carbocycles. The Bertz CT molecular complexity index is 1360. The number of alkyl halides is 1. The van der Waals surface area contributed by atoms with Crippen molar-refractivity contribution in [3.63, 3.8) is 0 Å². The third kappa shape index (κ3) is 6.42. The first kappa shape index (κ1) is 29.8. The van der Waals surface area contributed by atoms with E-state index in [4.69, 9.17) is 18.5 Å². The highest BCUT2D eigenvalue weighted by atomic mass is 31.2. The van der Waals surface area contributed by atoms with Gasteiger partial charge in [-0.3, -0.25) is 13.9 Å². The first-order valence-corrected chi connectivity index (χ1v) is 14.4. The van der Waals surface area contributed by atoms with Crippen LogP contribution in [-0.4, -0.2) is 73.8 Å². The van der Waals surface area contributed by atoms with Gasteiger partial charge in [0.2, 0.25) is 0 Å². The number of hydrogen-bond donors (Lipinski definition) is 3. The van der Waals surface area contributed by atoms with Gasteiger partial charge in [-0.1, -0.05) is 18.2 Å². The third-order valence-electron chi connectivity index (χ3n) is 6.11. The Morgan fingerprint density at radius 1 is 1.25 bits per heavy atom. The first-order chi connectivity index (χ1) is 18.9. The fraction of sp³-hybridized carbons (Fsp3) is 0.520. The summed E-state index contributed by atoms with van der Waals surface area (Å²) in [4.78, 5) is 25.0. The van der Waals surface area contributed by atoms with Crippen molar-refractivity contribution in [1.29, 1.82) is 0 Å². The number of aliphatic hydroxyl groups is 1. The normalized spacial score (nSPS) is 25.1. The van der Waals surface area contributed by atoms with Crippen molar-refractivity contribution >= 4 is 30.7 Å². The molecule has 2 aromatic heterocycles. The van der Waals surface area contributed by atoms with Crippen molar-refractivity contribution in [3.05, 3.63) is 43.0 Å². The van der Waals surface area contributed by atoms with Crippen molar-refractivity contribution in [3.8, 4) is 5.75 Å². The zero-order valence-corrected chi connectivity index (χ0v) is 23.7. The van der Waals surface area contributed by atoms with Crippen LogP contribution in [-0.2, 0) is 23.4 Å². The molecule has 0 saturated carbocycles. The van der Waals surface area contributed by atoms with E-state index in [-0.39, 0.29) is 5.75 Å². The smallest absolute Gasteiger partial charge is 0.459 e. The van der Waals surface area contributed by atoms with Gasteiger partial charge < -0.3 is 24.4 Å². The van der Waals surface area contributed by atoms with Crippen LogP contribution in [0.5, 0.6) is 5.75 Å². The topological polar surface area (TPSA) is 159 Å². The van der Waals surface area contributed by atoms with E-state index in [1.165, 1.54) is 31.1 Å². The zero-order valence-electron chi connectivity index (χ0n) is 22.9. The van der Waals surface area contributed by atoms with Crippen LogP contribution in [0.25, 0.3) is 11.2 Å². The molecule has 1 fully saturated rings. The first-order valence-electron chi connectivity index (χ1n) is 12.9. The van der Waals surface area contributed by atoms with E-state index in [0.29, 0.717) is 23.5 Å². The maximum atomic E-state index is 15.9. The van der Waals surface area contributed by atoms with Gasteiger partial charge in [-0.25, -0.2) is 23.9 Å². The predicted octanol–water partition coefficient (Wildman–Crippen LogP) is 3.38. The van der Waals surface area contributed by atoms with E-state index in [1.807, 2.05) is 6.92 Å². The lowest BCUT2D eigenvalue weighted by atomic mass is 9.98. The average Bonchev–Trinajstić information content (AvgIpc) is 3.42. The van der Waals surface area contributed by atoms with Gasteiger partial charge in [0.1, 0.15) is 30.3 Å². The van der Waals surface area contributed by atoms with Crippen LogP contribution in [0.15, 0.2) is 43.0 Å². The van der Waals surface area contributed by atoms with Crippen LogP contribution in [0.1, 0.15) is 40.8 Å². The lowest BCUT2D eigenvalue weighted by molar-refractivity contribution is -0.149. The minimum atomic E-state index is -4.26. The molecule has 1 aliphatic heterocycles. The number of nitrogens with zero attached hydrogens (tertiary/aromatic N) is 4. The molecule has 13 nitrogen and oxygen atoms in total. The van der Waals surface area contributed by atoms with Crippen molar-refractivity contribution in [2.45, 2.75) is 70.9 Å². The fourth-order valence-corrected chi connectivity index (χ4v) is 5.68. The monoisotopic (exact) mass is 580 g/mol. The molecule has 0 spiro atoms. The highest BCUT2D eigenvalue weighted by Crippen LogP contribution is 2.48. The van der Waals surface area contributed by atoms with Crippen LogP contribution in [0.4, 0.5) is 10.2 Å². The largest absolute Gasteiger partial charge is 0.462 e. The molecule has 3 N–H and O–H groups in total. The molecule has 6 atom stereocenters. The number of esters is 1. The molecule has 1 aliphatic rings. The average molecular weight is 581 g/mol. The third-order valence-corrected chi connectivity index (χ3v) is 7.75. The number of aromatic nitrogens is 4. The van der Waals surface area contributed by atoms with E-state index in [2.05, 4.69) is 25.4 Å². The second-order valence-electron chi connectivity index (χ2n) is 9.73. The Kier molecular flexibility index (Phi) is 9.06. The highest BCUT2D eigenvalue weighted by Gasteiger charge is 2.56. The van der Waals surface area contributed by atoms with E-state index < -0.39 is 56.6 Å². The number of benzene rings is 1. The molecule has 3 heterocycles. The summed E-state index contributed by atoms with van der Waals surface area (Å²) in [6.45, 7) is 7.94. The summed E-state index contributed by atoms with van der Waals surface area (Å²) in [5, 5.41) is 16.5. The van der Waals surface area contributed by atoms with E-state index in [9.17, 15) is 14.5 Å². The quantitative estimate of drug-likeness (QED) is 0.212. The molecular weight excluding hydrogens is 546 g/mol. The van der Waals surface area contributed by atoms with E-state index >= 15 is 4.39 Å². The summed E-state index contributed by atoms with van der Waals surface area (Å²) in [6.07, 6.45) is -2.02. The molecule has 1 aromatic carbocycles. The number of para-hydroxylation sites is 1. The number of fused-ring (bicyclic) bond motifs is 1. The molecule has 0 radical (unpaired) electrons. The van der Waals surface area contributed by atoms with Crippen LogP contribution in [0.3, 0.4) is 0 Å². The maximum Gasteiger partial charge on any atom is 0.459 e. The summed E-state index contributed by atoms with van der Waals surface area (Å²) in [6, 6.07) is 7.11. The van der Waals surface area contributed by atoms with E-state index in [0.717, 1.165) is 0 Å². The summed E-state index contributed by atoms with van der Waals surface area (Å²) in [7, 11) is -4.26. The SMILES string of the molecule is CCNc1ncnc2c1ncn2[C@@H]1O[C@H](CO[P@@](=O)(N[C@H](C)C(=O)OC(C)C)Oc2ccccc2)[C@@H](O)[C@@]1(C)F. The van der Waals surface area contributed by atoms with E-state index in [1.54, 1.807) is 44.2 Å². The number of carbonyl (C=O) groups is 1. The van der Waals surface area contributed by atoms with Crippen molar-refractivity contribution in [2.75, 3.05) is 18.5 Å². The molecule has 3 aromatic rings. The van der Waals surface area contributed by atoms with Crippen molar-refractivity contribution < 1.29 is 37.4 Å². The Balaban J connectivity index is 1.54. The van der Waals surface area contributed by atoms with Crippen LogP contribution in [0, 0.1) is 0 Å². The molecular formula is C25H34FN6O7P. The Morgan fingerprint density at radius 2 is 1.98 bits per heavy atom. The summed E-state index contributed by atoms with van der Waals surface area (Å²) in [5.41, 5.74) is -1.60. The number of aliphatic hydroxyl groups excluding tert-OH is 1. The van der Waals surface area contributed by atoms with Crippen LogP contribution >= 0.6 is 7.75 Å². The second kappa shape index (κ2) is 12.1. The molecule has 0 amide bonds. The number of anilines is 1. The molecule has 1 saturated heterocycles. The van der Waals surface area contributed by atoms with Gasteiger partial charge in [0.25, 0.3) is 0 Å². The zero-order chi connectivity index (χ0) is 29.1. The maximum absolute atomic E-state index is 15.9. The minimum absolute atomic E-state index is 0.199. The summed E-state index contributed by atoms with van der Waals surface area (Å²) >= 11 is 0. The molecule has 218 valence electrons. The fourth-order valence-electron chi connectivity index (χ4n) is 4.18. The van der Waals surface area contributed by atoms with Gasteiger partial charge in [-0.15, -0.1) is 0 Å². The van der Waals surface area contributed by atoms with Crippen LogP contribution < -0.4 is 14.9 Å². The predicted molar refractivity (Wildman–Crippen MR) is 143 cm³/mol. The van der Waals surface area contributed by atoms with Crippen LogP contribution in [0.2, 0.25) is 0 Å². The number of halogens is 1. The highest BCUT2D eigenvalue weighted by molar-refractivity contribution is 7.52. The Morgan fingerprint density at radius 3 is 2.65 bits per heavy atom.